The molecule has 0 radical (unpaired) electrons. The van der Waals surface area contributed by atoms with Crippen LogP contribution in [0.1, 0.15) is 15.9 Å². The molecule has 0 aliphatic carbocycles. The molecule has 1 amide bonds. The van der Waals surface area contributed by atoms with Crippen LogP contribution in [0.25, 0.3) is 5.69 Å². The minimum atomic E-state index is -0.490. The summed E-state index contributed by atoms with van der Waals surface area (Å²) < 4.78 is 1.70. The summed E-state index contributed by atoms with van der Waals surface area (Å²) in [5.41, 5.74) is 1.81. The normalized spacial score (nSPS) is 10.5. The first kappa shape index (κ1) is 17.6. The number of non-ortho nitro benzene ring substituents is 1. The maximum Gasteiger partial charge on any atom is 0.269 e. The van der Waals surface area contributed by atoms with E-state index in [-0.39, 0.29) is 18.1 Å². The van der Waals surface area contributed by atoms with Crippen molar-refractivity contribution in [3.63, 3.8) is 0 Å². The maximum atomic E-state index is 12.6. The molecule has 7 nitrogen and oxygen atoms in total. The molecule has 3 aromatic rings. The highest BCUT2D eigenvalue weighted by Gasteiger charge is 2.16. The molecule has 0 aliphatic rings. The van der Waals surface area contributed by atoms with Gasteiger partial charge in [-0.05, 0) is 42.0 Å². The number of amides is 1. The molecule has 0 N–H and O–H groups in total. The Kier molecular flexibility index (Phi) is 4.99. The number of rotatable bonds is 5. The van der Waals surface area contributed by atoms with E-state index in [1.807, 2.05) is 12.3 Å². The largest absolute Gasteiger partial charge is 0.337 e. The lowest BCUT2D eigenvalue weighted by Gasteiger charge is -2.18. The van der Waals surface area contributed by atoms with Gasteiger partial charge in [-0.1, -0.05) is 11.6 Å². The van der Waals surface area contributed by atoms with Crippen LogP contribution in [0.2, 0.25) is 5.02 Å². The molecule has 0 spiro atoms. The van der Waals surface area contributed by atoms with Crippen LogP contribution < -0.4 is 0 Å². The monoisotopic (exact) mass is 370 g/mol. The molecule has 0 aliphatic heterocycles. The van der Waals surface area contributed by atoms with Crippen LogP contribution in [0, 0.1) is 10.1 Å². The molecular weight excluding hydrogens is 356 g/mol. The van der Waals surface area contributed by atoms with Crippen LogP contribution in [0.4, 0.5) is 5.69 Å². The predicted molar refractivity (Wildman–Crippen MR) is 97.5 cm³/mol. The number of carbonyl (C=O) groups is 1. The molecule has 0 bridgehead atoms. The van der Waals surface area contributed by atoms with Crippen molar-refractivity contribution < 1.29 is 9.72 Å². The summed E-state index contributed by atoms with van der Waals surface area (Å²) in [6.07, 6.45) is 3.49. The van der Waals surface area contributed by atoms with Crippen LogP contribution >= 0.6 is 11.6 Å². The van der Waals surface area contributed by atoms with Gasteiger partial charge in [-0.2, -0.15) is 5.10 Å². The van der Waals surface area contributed by atoms with Gasteiger partial charge in [-0.15, -0.1) is 0 Å². The third-order valence-corrected chi connectivity index (χ3v) is 4.25. The number of hydrogen-bond donors (Lipinski definition) is 0. The molecule has 132 valence electrons. The minimum Gasteiger partial charge on any atom is -0.337 e. The van der Waals surface area contributed by atoms with Crippen LogP contribution in [-0.4, -0.2) is 32.6 Å². The number of nitrogens with zero attached hydrogens (tertiary/aromatic N) is 4. The first-order chi connectivity index (χ1) is 12.5. The van der Waals surface area contributed by atoms with Crippen LogP contribution in [0.3, 0.4) is 0 Å². The highest BCUT2D eigenvalue weighted by molar-refractivity contribution is 6.31. The summed E-state index contributed by atoms with van der Waals surface area (Å²) >= 11 is 6.10. The average molecular weight is 371 g/mol. The number of nitro groups is 1. The van der Waals surface area contributed by atoms with Gasteiger partial charge in [0.2, 0.25) is 0 Å². The van der Waals surface area contributed by atoms with E-state index in [1.165, 1.54) is 23.1 Å². The third kappa shape index (κ3) is 3.73. The Morgan fingerprint density at radius 3 is 2.62 bits per heavy atom. The molecule has 0 fully saturated rings. The molecule has 0 unspecified atom stereocenters. The van der Waals surface area contributed by atoms with Gasteiger partial charge < -0.3 is 4.90 Å². The van der Waals surface area contributed by atoms with Crippen molar-refractivity contribution in [3.05, 3.63) is 87.2 Å². The van der Waals surface area contributed by atoms with Gasteiger partial charge in [0.05, 0.1) is 10.6 Å². The first-order valence-electron chi connectivity index (χ1n) is 7.74. The molecule has 3 rings (SSSR count). The zero-order valence-electron chi connectivity index (χ0n) is 13.9. The number of hydrogen-bond acceptors (Lipinski definition) is 4. The molecule has 2 aromatic carbocycles. The van der Waals surface area contributed by atoms with E-state index >= 15 is 0 Å². The van der Waals surface area contributed by atoms with Crippen molar-refractivity contribution in [1.29, 1.82) is 0 Å². The Balaban J connectivity index is 1.76. The molecule has 1 aromatic heterocycles. The van der Waals surface area contributed by atoms with Gasteiger partial charge in [-0.25, -0.2) is 4.68 Å². The molecule has 0 saturated carbocycles. The van der Waals surface area contributed by atoms with Gasteiger partial charge in [-0.3, -0.25) is 14.9 Å². The van der Waals surface area contributed by atoms with Gasteiger partial charge in [0, 0.05) is 48.7 Å². The van der Waals surface area contributed by atoms with E-state index in [0.29, 0.717) is 16.1 Å². The maximum absolute atomic E-state index is 12.6. The highest BCUT2D eigenvalue weighted by Crippen LogP contribution is 2.23. The second-order valence-electron chi connectivity index (χ2n) is 5.69. The fourth-order valence-electron chi connectivity index (χ4n) is 2.52. The third-order valence-electron chi connectivity index (χ3n) is 3.88. The lowest BCUT2D eigenvalue weighted by molar-refractivity contribution is -0.384. The molecule has 26 heavy (non-hydrogen) atoms. The number of benzene rings is 2. The number of halogens is 1. The summed E-state index contributed by atoms with van der Waals surface area (Å²) in [4.78, 5) is 24.5. The number of carbonyl (C=O) groups excluding carboxylic acids is 1. The van der Waals surface area contributed by atoms with Crippen LogP contribution in [0.15, 0.2) is 60.9 Å². The SMILES string of the molecule is CN(Cc1cc([N+](=O)[O-])ccc1Cl)C(=O)c1ccc(-n2cccn2)cc1. The summed E-state index contributed by atoms with van der Waals surface area (Å²) in [7, 11) is 1.62. The van der Waals surface area contributed by atoms with Crippen molar-refractivity contribution in [2.24, 2.45) is 0 Å². The fraction of sp³-hybridized carbons (Fsp3) is 0.111. The van der Waals surface area contributed by atoms with E-state index in [1.54, 1.807) is 42.2 Å². The van der Waals surface area contributed by atoms with E-state index in [4.69, 9.17) is 11.6 Å². The topological polar surface area (TPSA) is 81.3 Å². The summed E-state index contributed by atoms with van der Waals surface area (Å²) in [6, 6.07) is 13.0. The predicted octanol–water partition coefficient (Wildman–Crippen LogP) is 3.71. The Hall–Kier alpha value is -3.19. The van der Waals surface area contributed by atoms with E-state index in [0.717, 1.165) is 5.69 Å². The zero-order chi connectivity index (χ0) is 18.7. The standard InChI is InChI=1S/C18H15ClN4O3/c1-21(12-14-11-16(23(25)26)7-8-17(14)19)18(24)13-3-5-15(6-4-13)22-10-2-9-20-22/h2-11H,12H2,1H3. The van der Waals surface area contributed by atoms with Gasteiger partial charge in [0.1, 0.15) is 0 Å². The number of aromatic nitrogens is 2. The Bertz CT molecular complexity index is 940. The Morgan fingerprint density at radius 2 is 2.00 bits per heavy atom. The Labute approximate surface area is 154 Å². The zero-order valence-corrected chi connectivity index (χ0v) is 14.6. The highest BCUT2D eigenvalue weighted by atomic mass is 35.5. The molecular formula is C18H15ClN4O3. The average Bonchev–Trinajstić information content (AvgIpc) is 3.17. The van der Waals surface area contributed by atoms with E-state index in [9.17, 15) is 14.9 Å². The minimum absolute atomic E-state index is 0.0613. The van der Waals surface area contributed by atoms with Crippen molar-refractivity contribution in [1.82, 2.24) is 14.7 Å². The first-order valence-corrected chi connectivity index (χ1v) is 8.12. The van der Waals surface area contributed by atoms with Crippen LogP contribution in [-0.2, 0) is 6.54 Å². The second kappa shape index (κ2) is 7.37. The number of nitro benzene ring substituents is 1. The Morgan fingerprint density at radius 1 is 1.27 bits per heavy atom. The van der Waals surface area contributed by atoms with Gasteiger partial charge >= 0.3 is 0 Å². The summed E-state index contributed by atoms with van der Waals surface area (Å²) in [5.74, 6) is -0.209. The van der Waals surface area contributed by atoms with Crippen LogP contribution in [0.5, 0.6) is 0 Å². The van der Waals surface area contributed by atoms with Gasteiger partial charge in [0.15, 0.2) is 0 Å². The van der Waals surface area contributed by atoms with Crippen molar-refractivity contribution in [3.8, 4) is 5.69 Å². The second-order valence-corrected chi connectivity index (χ2v) is 6.10. The molecule has 0 saturated heterocycles. The van der Waals surface area contributed by atoms with Crippen molar-refractivity contribution in [2.75, 3.05) is 7.05 Å². The van der Waals surface area contributed by atoms with Crippen molar-refractivity contribution >= 4 is 23.2 Å². The summed E-state index contributed by atoms with van der Waals surface area (Å²) in [6.45, 7) is 0.167. The molecule has 0 atom stereocenters. The molecule has 8 heteroatoms. The fourth-order valence-corrected chi connectivity index (χ4v) is 2.70. The smallest absolute Gasteiger partial charge is 0.269 e. The van der Waals surface area contributed by atoms with Crippen molar-refractivity contribution in [2.45, 2.75) is 6.54 Å². The molecule has 1 heterocycles. The lowest BCUT2D eigenvalue weighted by atomic mass is 10.1. The summed E-state index contributed by atoms with van der Waals surface area (Å²) in [5, 5.41) is 15.4. The van der Waals surface area contributed by atoms with Gasteiger partial charge in [0.25, 0.3) is 11.6 Å². The quantitative estimate of drug-likeness (QED) is 0.506. The lowest BCUT2D eigenvalue weighted by Crippen LogP contribution is -2.26. The van der Waals surface area contributed by atoms with E-state index < -0.39 is 4.92 Å². The van der Waals surface area contributed by atoms with E-state index in [2.05, 4.69) is 5.10 Å².